The SMILES string of the molecule is CCCCCCCCOc1ccc(N2c3ccccc3S(=O)c3ccccc32)cc1-c1cc(N2c3ccccc3S(=O)c3ccccc32)ccc1C. The average Bonchev–Trinajstić information content (AvgIpc) is 3.19. The third kappa shape index (κ3) is 6.26. The van der Waals surface area contributed by atoms with Gasteiger partial charge in [-0.05, 0) is 103 Å². The van der Waals surface area contributed by atoms with E-state index in [9.17, 15) is 8.42 Å². The first-order valence-corrected chi connectivity index (χ1v) is 20.5. The van der Waals surface area contributed by atoms with Crippen LogP contribution >= 0.6 is 0 Å². The summed E-state index contributed by atoms with van der Waals surface area (Å²) in [6, 6.07) is 44.9. The molecule has 2 aliphatic rings. The van der Waals surface area contributed by atoms with Gasteiger partial charge >= 0.3 is 0 Å². The second-order valence-corrected chi connectivity index (χ2v) is 16.2. The lowest BCUT2D eigenvalue weighted by Gasteiger charge is -2.34. The van der Waals surface area contributed by atoms with Gasteiger partial charge in [0.1, 0.15) is 5.75 Å². The molecule has 7 heteroatoms. The molecule has 5 nitrogen and oxygen atoms in total. The Bertz CT molecular complexity index is 2220. The van der Waals surface area contributed by atoms with Gasteiger partial charge in [-0.25, -0.2) is 8.42 Å². The molecule has 0 amide bonds. The lowest BCUT2D eigenvalue weighted by Crippen LogP contribution is -2.19. The van der Waals surface area contributed by atoms with Crippen LogP contribution in [0.1, 0.15) is 51.0 Å². The van der Waals surface area contributed by atoms with Crippen LogP contribution in [-0.2, 0) is 21.6 Å². The monoisotopic (exact) mass is 722 g/mol. The first-order chi connectivity index (χ1) is 25.5. The molecule has 6 aromatic rings. The number of fused-ring (bicyclic) bond motifs is 4. The third-order valence-corrected chi connectivity index (χ3v) is 12.9. The highest BCUT2D eigenvalue weighted by molar-refractivity contribution is 7.85. The zero-order valence-corrected chi connectivity index (χ0v) is 31.2. The van der Waals surface area contributed by atoms with Crippen molar-refractivity contribution in [1.82, 2.24) is 0 Å². The highest BCUT2D eigenvalue weighted by Crippen LogP contribution is 2.50. The van der Waals surface area contributed by atoms with Crippen molar-refractivity contribution in [3.8, 4) is 16.9 Å². The molecule has 0 saturated carbocycles. The van der Waals surface area contributed by atoms with Gasteiger partial charge in [0.05, 0.1) is 70.5 Å². The van der Waals surface area contributed by atoms with E-state index in [1.165, 1.54) is 25.7 Å². The molecule has 0 N–H and O–H groups in total. The number of anilines is 6. The molecule has 0 unspecified atom stereocenters. The Morgan fingerprint density at radius 1 is 0.500 bits per heavy atom. The van der Waals surface area contributed by atoms with Crippen LogP contribution in [0.2, 0.25) is 0 Å². The van der Waals surface area contributed by atoms with E-state index in [1.54, 1.807) is 0 Å². The summed E-state index contributed by atoms with van der Waals surface area (Å²) in [5.41, 5.74) is 8.76. The minimum Gasteiger partial charge on any atom is -0.493 e. The van der Waals surface area contributed by atoms with Gasteiger partial charge in [0.15, 0.2) is 0 Å². The normalized spacial score (nSPS) is 13.7. The van der Waals surface area contributed by atoms with Gasteiger partial charge < -0.3 is 14.5 Å². The van der Waals surface area contributed by atoms with Crippen molar-refractivity contribution < 1.29 is 13.2 Å². The molecule has 0 aromatic heterocycles. The van der Waals surface area contributed by atoms with Crippen LogP contribution in [0.15, 0.2) is 153 Å². The van der Waals surface area contributed by atoms with E-state index >= 15 is 0 Å². The Hall–Kier alpha value is -4.98. The summed E-state index contributed by atoms with van der Waals surface area (Å²) in [4.78, 5) is 7.63. The zero-order chi connectivity index (χ0) is 35.6. The van der Waals surface area contributed by atoms with Gasteiger partial charge in [-0.1, -0.05) is 93.6 Å². The van der Waals surface area contributed by atoms with Gasteiger partial charge in [0.2, 0.25) is 0 Å². The number of aryl methyl sites for hydroxylation is 1. The lowest BCUT2D eigenvalue weighted by molar-refractivity contribution is 0.305. The van der Waals surface area contributed by atoms with Crippen LogP contribution in [-0.4, -0.2) is 15.0 Å². The molecule has 0 fully saturated rings. The number of rotatable bonds is 11. The minimum absolute atomic E-state index is 0.643. The molecule has 8 rings (SSSR count). The van der Waals surface area contributed by atoms with E-state index < -0.39 is 21.6 Å². The van der Waals surface area contributed by atoms with Crippen molar-refractivity contribution in [2.45, 2.75) is 72.0 Å². The average molecular weight is 723 g/mol. The van der Waals surface area contributed by atoms with E-state index in [2.05, 4.69) is 60.0 Å². The van der Waals surface area contributed by atoms with Crippen molar-refractivity contribution in [2.75, 3.05) is 16.4 Å². The van der Waals surface area contributed by atoms with E-state index in [0.717, 1.165) is 89.0 Å². The van der Waals surface area contributed by atoms with E-state index in [-0.39, 0.29) is 0 Å². The van der Waals surface area contributed by atoms with E-state index in [0.29, 0.717) is 6.61 Å². The molecule has 0 radical (unpaired) electrons. The van der Waals surface area contributed by atoms with Crippen molar-refractivity contribution >= 4 is 55.7 Å². The molecule has 0 spiro atoms. The Morgan fingerprint density at radius 2 is 0.923 bits per heavy atom. The third-order valence-electron chi connectivity index (χ3n) is 9.97. The maximum Gasteiger partial charge on any atom is 0.127 e. The molecular weight excluding hydrogens is 681 g/mol. The smallest absolute Gasteiger partial charge is 0.127 e. The molecule has 0 bridgehead atoms. The van der Waals surface area contributed by atoms with Crippen molar-refractivity contribution in [2.24, 2.45) is 0 Å². The lowest BCUT2D eigenvalue weighted by atomic mass is 9.97. The molecule has 2 aliphatic heterocycles. The molecule has 0 aliphatic carbocycles. The predicted octanol–water partition coefficient (Wildman–Crippen LogP) is 12.3. The zero-order valence-electron chi connectivity index (χ0n) is 29.6. The first kappa shape index (κ1) is 34.1. The second kappa shape index (κ2) is 14.9. The number of hydrogen-bond acceptors (Lipinski definition) is 5. The highest BCUT2D eigenvalue weighted by Gasteiger charge is 2.31. The summed E-state index contributed by atoms with van der Waals surface area (Å²) >= 11 is 0. The van der Waals surface area contributed by atoms with Gasteiger partial charge in [0.25, 0.3) is 0 Å². The molecular formula is C45H42N2O3S2. The molecule has 52 heavy (non-hydrogen) atoms. The van der Waals surface area contributed by atoms with Crippen LogP contribution < -0.4 is 14.5 Å². The summed E-state index contributed by atoms with van der Waals surface area (Å²) in [5.74, 6) is 0.834. The van der Waals surface area contributed by atoms with Crippen LogP contribution in [0.5, 0.6) is 5.75 Å². The summed E-state index contributed by atoms with van der Waals surface area (Å²) in [5, 5.41) is 0. The quantitative estimate of drug-likeness (QED) is 0.124. The molecule has 2 heterocycles. The number of hydrogen-bond donors (Lipinski definition) is 0. The maximum absolute atomic E-state index is 13.7. The standard InChI is InChI=1S/C45H42N2O3S2/c1-3-4-5-6-7-16-29-50-41-28-27-34(47-39-19-10-14-23-44(39)52(49)45-24-15-11-20-40(45)47)31-36(41)35-30-33(26-25-32(35)2)46-37-17-8-12-21-42(37)51(48)43-22-13-9-18-38(43)46/h8-15,17-28,30-31H,3-7,16,29H2,1-2H3. The molecule has 0 saturated heterocycles. The van der Waals surface area contributed by atoms with Gasteiger partial charge in [-0.2, -0.15) is 0 Å². The highest BCUT2D eigenvalue weighted by atomic mass is 32.2. The second-order valence-electron chi connectivity index (χ2n) is 13.4. The first-order valence-electron chi connectivity index (χ1n) is 18.2. The number of benzene rings is 6. The van der Waals surface area contributed by atoms with Gasteiger partial charge in [-0.15, -0.1) is 0 Å². The fraction of sp³-hybridized carbons (Fsp3) is 0.200. The number of para-hydroxylation sites is 4. The van der Waals surface area contributed by atoms with Crippen molar-refractivity contribution in [3.63, 3.8) is 0 Å². The number of nitrogens with zero attached hydrogens (tertiary/aromatic N) is 2. The van der Waals surface area contributed by atoms with E-state index in [4.69, 9.17) is 4.74 Å². The summed E-state index contributed by atoms with van der Waals surface area (Å²) in [6.45, 7) is 5.03. The van der Waals surface area contributed by atoms with Crippen LogP contribution in [0.3, 0.4) is 0 Å². The van der Waals surface area contributed by atoms with Crippen molar-refractivity contribution in [1.29, 1.82) is 0 Å². The predicted molar refractivity (Wildman–Crippen MR) is 214 cm³/mol. The summed E-state index contributed by atoms with van der Waals surface area (Å²) in [6.07, 6.45) is 7.15. The Morgan fingerprint density at radius 3 is 1.42 bits per heavy atom. The Kier molecular flexibility index (Phi) is 9.80. The fourth-order valence-corrected chi connectivity index (χ4v) is 10.0. The molecule has 6 aromatic carbocycles. The fourth-order valence-electron chi connectivity index (χ4n) is 7.34. The maximum atomic E-state index is 13.7. The van der Waals surface area contributed by atoms with Crippen LogP contribution in [0, 0.1) is 6.92 Å². The summed E-state index contributed by atoms with van der Waals surface area (Å²) < 4.78 is 34.1. The summed E-state index contributed by atoms with van der Waals surface area (Å²) in [7, 11) is -2.56. The van der Waals surface area contributed by atoms with E-state index in [1.807, 2.05) is 97.1 Å². The molecule has 262 valence electrons. The number of ether oxygens (including phenoxy) is 1. The van der Waals surface area contributed by atoms with Crippen molar-refractivity contribution in [3.05, 3.63) is 139 Å². The Labute approximate surface area is 311 Å². The minimum atomic E-state index is -1.28. The van der Waals surface area contributed by atoms with Gasteiger partial charge in [-0.3, -0.25) is 0 Å². The van der Waals surface area contributed by atoms with Crippen LogP contribution in [0.25, 0.3) is 11.1 Å². The molecule has 0 atom stereocenters. The van der Waals surface area contributed by atoms with Crippen LogP contribution in [0.4, 0.5) is 34.1 Å². The largest absolute Gasteiger partial charge is 0.493 e. The van der Waals surface area contributed by atoms with Gasteiger partial charge in [0, 0.05) is 16.9 Å². The Balaban J connectivity index is 1.25. The number of unbranched alkanes of at least 4 members (excludes halogenated alkanes) is 5. The topological polar surface area (TPSA) is 49.9 Å².